The number of hydrogen-bond donors (Lipinski definition) is 3. The van der Waals surface area contributed by atoms with Gasteiger partial charge in [-0.15, -0.1) is 0 Å². The van der Waals surface area contributed by atoms with Gasteiger partial charge in [0.15, 0.2) is 19.8 Å². The van der Waals surface area contributed by atoms with Crippen LogP contribution >= 0.6 is 0 Å². The molecule has 0 saturated carbocycles. The van der Waals surface area contributed by atoms with Crippen LogP contribution in [0.3, 0.4) is 0 Å². The molecule has 0 spiro atoms. The molecule has 0 unspecified atom stereocenters. The molecule has 12 nitrogen and oxygen atoms in total. The highest BCUT2D eigenvalue weighted by Gasteiger charge is 2.29. The lowest BCUT2D eigenvalue weighted by atomic mass is 9.79. The van der Waals surface area contributed by atoms with Crippen LogP contribution in [0.4, 0.5) is 17.5 Å². The summed E-state index contributed by atoms with van der Waals surface area (Å²) in [7, 11) is 0. The van der Waals surface area contributed by atoms with E-state index in [-0.39, 0.29) is 53.8 Å². The number of carbonyl (C=O) groups excluding carboxylic acids is 3. The van der Waals surface area contributed by atoms with Crippen molar-refractivity contribution in [3.63, 3.8) is 0 Å². The second-order valence-electron chi connectivity index (χ2n) is 19.8. The summed E-state index contributed by atoms with van der Waals surface area (Å²) in [5.74, 6) is 1.77. The first-order valence-electron chi connectivity index (χ1n) is 22.3. The zero-order valence-electron chi connectivity index (χ0n) is 39.4. The van der Waals surface area contributed by atoms with Crippen LogP contribution in [0.1, 0.15) is 112 Å². The molecular weight excluding hydrogens is 829 g/mol. The van der Waals surface area contributed by atoms with E-state index in [0.717, 1.165) is 50.1 Å². The zero-order valence-corrected chi connectivity index (χ0v) is 39.4. The number of amides is 3. The standard InChI is InChI=1S/C54H60N6O6/c1-52(2,3)40-25-34-22-36-27-41(53(4,5)6)29-38(50(36)65-32-47(62)59-44-17-11-14-20-56-44)24-39-30-42(54(7,8)9)28-37(51(39)66-33-48(63)60-45-18-12-15-21-57-45)23-35(26-40)49(34)64-31-46(61)58-43-16-10-13-19-55-43/h10-21,25-30H,22-24,31-33H2,1-9H3,(H,55,58,61)(H,56,59,62)(H,57,60,63). The molecule has 3 heterocycles. The molecule has 0 saturated heterocycles. The summed E-state index contributed by atoms with van der Waals surface area (Å²) >= 11 is 0. The Morgan fingerprint density at radius 2 is 0.667 bits per heavy atom. The van der Waals surface area contributed by atoms with Crippen molar-refractivity contribution in [3.05, 3.63) is 160 Å². The minimum Gasteiger partial charge on any atom is -0.483 e. The Balaban J connectivity index is 1.45. The number of anilines is 3. The topological polar surface area (TPSA) is 154 Å². The highest BCUT2D eigenvalue weighted by Crippen LogP contribution is 2.43. The number of pyridine rings is 3. The van der Waals surface area contributed by atoms with E-state index >= 15 is 0 Å². The van der Waals surface area contributed by atoms with Crippen molar-refractivity contribution in [3.8, 4) is 17.2 Å². The van der Waals surface area contributed by atoms with Crippen molar-refractivity contribution >= 4 is 35.2 Å². The summed E-state index contributed by atoms with van der Waals surface area (Å²) in [6.45, 7) is 18.6. The van der Waals surface area contributed by atoms with Gasteiger partial charge in [0.05, 0.1) is 0 Å². The third-order valence-corrected chi connectivity index (χ3v) is 11.3. The highest BCUT2D eigenvalue weighted by atomic mass is 16.5. The average molecular weight is 889 g/mol. The van der Waals surface area contributed by atoms with Gasteiger partial charge in [0.2, 0.25) is 0 Å². The van der Waals surface area contributed by atoms with E-state index in [1.807, 2.05) is 0 Å². The van der Waals surface area contributed by atoms with Crippen LogP contribution in [-0.2, 0) is 49.9 Å². The minimum atomic E-state index is -0.369. The lowest BCUT2D eigenvalue weighted by Crippen LogP contribution is -2.24. The Hall–Kier alpha value is -7.08. The fourth-order valence-corrected chi connectivity index (χ4v) is 7.78. The number of nitrogens with one attached hydrogen (secondary N) is 3. The van der Waals surface area contributed by atoms with Gasteiger partial charge in [0.1, 0.15) is 34.7 Å². The van der Waals surface area contributed by atoms with Crippen LogP contribution in [-0.4, -0.2) is 52.5 Å². The van der Waals surface area contributed by atoms with E-state index in [9.17, 15) is 14.4 Å². The fraction of sp³-hybridized carbons (Fsp3) is 0.333. The Kier molecular flexibility index (Phi) is 13.9. The van der Waals surface area contributed by atoms with Crippen LogP contribution in [0.15, 0.2) is 110 Å². The van der Waals surface area contributed by atoms with Gasteiger partial charge in [0, 0.05) is 37.9 Å². The van der Waals surface area contributed by atoms with Crippen molar-refractivity contribution in [2.24, 2.45) is 0 Å². The summed E-state index contributed by atoms with van der Waals surface area (Å²) in [5.41, 5.74) is 7.34. The smallest absolute Gasteiger partial charge is 0.263 e. The van der Waals surface area contributed by atoms with Gasteiger partial charge in [-0.1, -0.05) is 117 Å². The van der Waals surface area contributed by atoms with Gasteiger partial charge in [-0.25, -0.2) is 15.0 Å². The molecule has 3 amide bonds. The number of hydrogen-bond acceptors (Lipinski definition) is 9. The van der Waals surface area contributed by atoms with Crippen LogP contribution in [0, 0.1) is 0 Å². The van der Waals surface area contributed by atoms with Crippen LogP contribution in [0.2, 0.25) is 0 Å². The molecule has 12 heteroatoms. The second kappa shape index (κ2) is 19.6. The molecule has 3 aromatic heterocycles. The Bertz CT molecular complexity index is 2340. The van der Waals surface area contributed by atoms with Crippen molar-refractivity contribution < 1.29 is 28.6 Å². The number of nitrogens with zero attached hydrogens (tertiary/aromatic N) is 3. The molecule has 7 rings (SSSR count). The third kappa shape index (κ3) is 12.0. The molecule has 342 valence electrons. The third-order valence-electron chi connectivity index (χ3n) is 11.3. The second-order valence-corrected chi connectivity index (χ2v) is 19.8. The molecule has 0 aliphatic heterocycles. The first-order valence-corrected chi connectivity index (χ1v) is 22.3. The van der Waals surface area contributed by atoms with Crippen molar-refractivity contribution in [1.82, 2.24) is 15.0 Å². The summed E-state index contributed by atoms with van der Waals surface area (Å²) < 4.78 is 20.1. The predicted molar refractivity (Wildman–Crippen MR) is 259 cm³/mol. The maximum absolute atomic E-state index is 13.6. The first kappa shape index (κ1) is 46.9. The van der Waals surface area contributed by atoms with Crippen LogP contribution < -0.4 is 30.2 Å². The van der Waals surface area contributed by atoms with Gasteiger partial charge in [-0.2, -0.15) is 0 Å². The Labute approximate surface area is 388 Å². The molecule has 1 aliphatic carbocycles. The maximum atomic E-state index is 13.6. The van der Waals surface area contributed by atoms with Gasteiger partial charge in [-0.3, -0.25) is 14.4 Å². The molecule has 3 N–H and O–H groups in total. The highest BCUT2D eigenvalue weighted by molar-refractivity contribution is 5.92. The average Bonchev–Trinajstić information content (AvgIpc) is 3.25. The summed E-state index contributed by atoms with van der Waals surface area (Å²) in [5, 5.41) is 8.57. The molecule has 1 aliphatic rings. The van der Waals surface area contributed by atoms with Crippen molar-refractivity contribution in [2.45, 2.75) is 97.8 Å². The lowest BCUT2D eigenvalue weighted by Gasteiger charge is -2.29. The van der Waals surface area contributed by atoms with Crippen LogP contribution in [0.5, 0.6) is 17.2 Å². The minimum absolute atomic E-state index is 0.292. The van der Waals surface area contributed by atoms with Gasteiger partial charge in [-0.05, 0) is 103 Å². The Morgan fingerprint density at radius 1 is 0.424 bits per heavy atom. The van der Waals surface area contributed by atoms with Crippen molar-refractivity contribution in [1.29, 1.82) is 0 Å². The van der Waals surface area contributed by atoms with E-state index in [1.165, 1.54) is 0 Å². The fourth-order valence-electron chi connectivity index (χ4n) is 7.78. The summed E-state index contributed by atoms with van der Waals surface area (Å²) in [6.07, 6.45) is 5.93. The Morgan fingerprint density at radius 3 is 0.864 bits per heavy atom. The largest absolute Gasteiger partial charge is 0.483 e. The summed E-state index contributed by atoms with van der Waals surface area (Å²) in [4.78, 5) is 53.6. The number of fused-ring (bicyclic) bond motifs is 6. The number of carbonyl (C=O) groups is 3. The SMILES string of the molecule is CC(C)(C)c1cc2c(OCC(=O)Nc3ccccn3)c(c1)Cc1cc(C(C)(C)C)cc(c1OCC(=O)Nc1ccccn1)Cc1cc(C(C)(C)C)cc(c1OCC(=O)Nc1ccccn1)C2. The van der Waals surface area contributed by atoms with Crippen LogP contribution in [0.25, 0.3) is 0 Å². The van der Waals surface area contributed by atoms with E-state index in [0.29, 0.717) is 54.0 Å². The number of benzene rings is 3. The quantitative estimate of drug-likeness (QED) is 0.109. The maximum Gasteiger partial charge on any atom is 0.263 e. The molecule has 0 fully saturated rings. The number of aromatic nitrogens is 3. The molecule has 3 aromatic carbocycles. The summed E-state index contributed by atoms with van der Waals surface area (Å²) in [6, 6.07) is 28.8. The van der Waals surface area contributed by atoms with Gasteiger partial charge in [0.25, 0.3) is 17.7 Å². The monoisotopic (exact) mass is 888 g/mol. The molecule has 0 radical (unpaired) electrons. The molecule has 0 atom stereocenters. The lowest BCUT2D eigenvalue weighted by molar-refractivity contribution is -0.118. The molecule has 6 aromatic rings. The zero-order chi connectivity index (χ0) is 47.2. The van der Waals surface area contributed by atoms with E-state index in [1.54, 1.807) is 73.2 Å². The molecule has 66 heavy (non-hydrogen) atoms. The normalized spacial score (nSPS) is 12.5. The van der Waals surface area contributed by atoms with Gasteiger partial charge >= 0.3 is 0 Å². The van der Waals surface area contributed by atoms with Gasteiger partial charge < -0.3 is 30.2 Å². The van der Waals surface area contributed by atoms with E-state index in [2.05, 4.69) is 130 Å². The van der Waals surface area contributed by atoms with E-state index in [4.69, 9.17) is 14.2 Å². The predicted octanol–water partition coefficient (Wildman–Crippen LogP) is 9.90. The van der Waals surface area contributed by atoms with Crippen molar-refractivity contribution in [2.75, 3.05) is 35.8 Å². The molecule has 6 bridgehead atoms. The number of ether oxygens (including phenoxy) is 3. The number of rotatable bonds is 12. The first-order chi connectivity index (χ1) is 31.3. The molecular formula is C54H60N6O6. The van der Waals surface area contributed by atoms with E-state index < -0.39 is 0 Å².